The Bertz CT molecular complexity index is 243. The van der Waals surface area contributed by atoms with E-state index in [1.165, 1.54) is 12.8 Å². The number of nitrogens with zero attached hydrogens (tertiary/aromatic N) is 2. The van der Waals surface area contributed by atoms with Gasteiger partial charge in [0.25, 0.3) is 0 Å². The molecule has 1 rings (SSSR count). The average Bonchev–Trinajstić information content (AvgIpc) is 2.25. The molecule has 14 heavy (non-hydrogen) atoms. The second-order valence-corrected chi connectivity index (χ2v) is 4.86. The first-order chi connectivity index (χ1) is 6.86. The Labute approximate surface area is 98.1 Å². The van der Waals surface area contributed by atoms with Gasteiger partial charge in [-0.2, -0.15) is 0 Å². The van der Waals surface area contributed by atoms with Gasteiger partial charge in [0.05, 0.1) is 5.03 Å². The lowest BCUT2D eigenvalue weighted by molar-refractivity contribution is 0.597. The summed E-state index contributed by atoms with van der Waals surface area (Å²) in [6.07, 6.45) is 5.92. The van der Waals surface area contributed by atoms with Gasteiger partial charge in [-0.15, -0.1) is 11.8 Å². The molecule has 0 aromatic carbocycles. The molecule has 1 unspecified atom stereocenters. The third-order valence-corrected chi connectivity index (χ3v) is 4.03. The molecule has 4 heteroatoms. The van der Waals surface area contributed by atoms with E-state index in [1.807, 2.05) is 17.8 Å². The van der Waals surface area contributed by atoms with Crippen LogP contribution in [0.5, 0.6) is 0 Å². The average molecular weight is 275 g/mol. The zero-order valence-corrected chi connectivity index (χ0v) is 10.7. The van der Waals surface area contributed by atoms with Crippen LogP contribution < -0.4 is 0 Å². The van der Waals surface area contributed by atoms with Gasteiger partial charge < -0.3 is 0 Å². The number of alkyl halides is 1. The topological polar surface area (TPSA) is 25.8 Å². The van der Waals surface area contributed by atoms with Crippen LogP contribution in [0.15, 0.2) is 23.6 Å². The number of rotatable bonds is 6. The Morgan fingerprint density at radius 3 is 3.00 bits per heavy atom. The molecule has 0 fully saturated rings. The van der Waals surface area contributed by atoms with Crippen molar-refractivity contribution in [3.05, 3.63) is 18.6 Å². The number of halogens is 1. The highest BCUT2D eigenvalue weighted by molar-refractivity contribution is 9.09. The van der Waals surface area contributed by atoms with Gasteiger partial charge in [-0.05, 0) is 18.4 Å². The molecule has 1 aromatic heterocycles. The van der Waals surface area contributed by atoms with Crippen LogP contribution in [0.1, 0.15) is 19.8 Å². The first-order valence-electron chi connectivity index (χ1n) is 4.81. The van der Waals surface area contributed by atoms with Crippen LogP contribution in [0.25, 0.3) is 0 Å². The molecule has 0 N–H and O–H groups in total. The van der Waals surface area contributed by atoms with Crippen molar-refractivity contribution >= 4 is 27.7 Å². The highest BCUT2D eigenvalue weighted by Crippen LogP contribution is 2.21. The van der Waals surface area contributed by atoms with Crippen LogP contribution in [-0.4, -0.2) is 21.1 Å². The lowest BCUT2D eigenvalue weighted by Gasteiger charge is -2.11. The van der Waals surface area contributed by atoms with E-state index in [0.29, 0.717) is 0 Å². The third kappa shape index (κ3) is 4.42. The van der Waals surface area contributed by atoms with E-state index in [4.69, 9.17) is 0 Å². The maximum atomic E-state index is 4.18. The molecule has 0 saturated carbocycles. The normalized spacial score (nSPS) is 12.7. The molecule has 0 spiro atoms. The predicted molar refractivity (Wildman–Crippen MR) is 64.9 cm³/mol. The standard InChI is InChI=1S/C10H15BrN2S/c1-2-3-9(6-11)7-14-10-4-5-12-8-13-10/h4-5,8-9H,2-3,6-7H2,1H3. The first kappa shape index (κ1) is 12.0. The number of thioether (sulfide) groups is 1. The van der Waals surface area contributed by atoms with Crippen LogP contribution >= 0.6 is 27.7 Å². The molecule has 0 saturated heterocycles. The van der Waals surface area contributed by atoms with Crippen molar-refractivity contribution in [3.8, 4) is 0 Å². The molecule has 0 aliphatic rings. The lowest BCUT2D eigenvalue weighted by Crippen LogP contribution is -2.04. The predicted octanol–water partition coefficient (Wildman–Crippen LogP) is 3.38. The second kappa shape index (κ2) is 7.23. The van der Waals surface area contributed by atoms with E-state index in [2.05, 4.69) is 32.8 Å². The van der Waals surface area contributed by atoms with Gasteiger partial charge in [0.1, 0.15) is 6.33 Å². The zero-order valence-electron chi connectivity index (χ0n) is 8.32. The Morgan fingerprint density at radius 1 is 1.57 bits per heavy atom. The summed E-state index contributed by atoms with van der Waals surface area (Å²) in [7, 11) is 0. The van der Waals surface area contributed by atoms with Crippen molar-refractivity contribution in [3.63, 3.8) is 0 Å². The Balaban J connectivity index is 2.32. The second-order valence-electron chi connectivity index (χ2n) is 3.17. The molecule has 2 nitrogen and oxygen atoms in total. The van der Waals surface area contributed by atoms with Gasteiger partial charge in [-0.25, -0.2) is 9.97 Å². The molecule has 0 aliphatic heterocycles. The highest BCUT2D eigenvalue weighted by atomic mass is 79.9. The SMILES string of the molecule is CCCC(CBr)CSc1ccncn1. The summed E-state index contributed by atoms with van der Waals surface area (Å²) in [6.45, 7) is 2.23. The first-order valence-corrected chi connectivity index (χ1v) is 6.92. The lowest BCUT2D eigenvalue weighted by atomic mass is 10.1. The van der Waals surface area contributed by atoms with E-state index < -0.39 is 0 Å². The molecule has 0 bridgehead atoms. The quantitative estimate of drug-likeness (QED) is 0.452. The van der Waals surface area contributed by atoms with Gasteiger partial charge in [-0.3, -0.25) is 0 Å². The smallest absolute Gasteiger partial charge is 0.116 e. The fraction of sp³-hybridized carbons (Fsp3) is 0.600. The largest absolute Gasteiger partial charge is 0.245 e. The highest BCUT2D eigenvalue weighted by Gasteiger charge is 2.06. The Kier molecular flexibility index (Phi) is 6.19. The van der Waals surface area contributed by atoms with E-state index in [9.17, 15) is 0 Å². The number of hydrogen-bond acceptors (Lipinski definition) is 3. The molecule has 78 valence electrons. The maximum absolute atomic E-state index is 4.18. The molecular weight excluding hydrogens is 260 g/mol. The fourth-order valence-electron chi connectivity index (χ4n) is 1.18. The molecule has 0 amide bonds. The van der Waals surface area contributed by atoms with Gasteiger partial charge in [-0.1, -0.05) is 29.3 Å². The third-order valence-electron chi connectivity index (χ3n) is 1.94. The summed E-state index contributed by atoms with van der Waals surface area (Å²) >= 11 is 5.36. The minimum absolute atomic E-state index is 0.750. The van der Waals surface area contributed by atoms with Gasteiger partial charge in [0, 0.05) is 17.3 Å². The molecular formula is C10H15BrN2S. The van der Waals surface area contributed by atoms with E-state index in [-0.39, 0.29) is 0 Å². The Hall–Kier alpha value is -0.0900. The molecule has 1 atom stereocenters. The minimum atomic E-state index is 0.750. The molecule has 0 radical (unpaired) electrons. The summed E-state index contributed by atoms with van der Waals surface area (Å²) in [5, 5.41) is 2.15. The van der Waals surface area contributed by atoms with E-state index >= 15 is 0 Å². The number of hydrogen-bond donors (Lipinski definition) is 0. The summed E-state index contributed by atoms with van der Waals surface area (Å²) in [5.41, 5.74) is 0. The summed E-state index contributed by atoms with van der Waals surface area (Å²) in [5.74, 6) is 1.88. The minimum Gasteiger partial charge on any atom is -0.245 e. The molecule has 1 aromatic rings. The van der Waals surface area contributed by atoms with Crippen molar-refractivity contribution in [2.24, 2.45) is 5.92 Å². The van der Waals surface area contributed by atoms with Gasteiger partial charge >= 0.3 is 0 Å². The molecule has 1 heterocycles. The van der Waals surface area contributed by atoms with Gasteiger partial charge in [0.15, 0.2) is 0 Å². The van der Waals surface area contributed by atoms with E-state index in [1.54, 1.807) is 12.5 Å². The monoisotopic (exact) mass is 274 g/mol. The van der Waals surface area contributed by atoms with E-state index in [0.717, 1.165) is 22.0 Å². The van der Waals surface area contributed by atoms with Crippen molar-refractivity contribution in [1.82, 2.24) is 9.97 Å². The number of aromatic nitrogens is 2. The van der Waals surface area contributed by atoms with Crippen molar-refractivity contribution in [1.29, 1.82) is 0 Å². The van der Waals surface area contributed by atoms with Crippen LogP contribution in [0.4, 0.5) is 0 Å². The van der Waals surface area contributed by atoms with Crippen molar-refractivity contribution in [2.75, 3.05) is 11.1 Å². The Morgan fingerprint density at radius 2 is 2.43 bits per heavy atom. The van der Waals surface area contributed by atoms with Crippen LogP contribution in [0, 0.1) is 5.92 Å². The van der Waals surface area contributed by atoms with Gasteiger partial charge in [0.2, 0.25) is 0 Å². The van der Waals surface area contributed by atoms with Crippen LogP contribution in [-0.2, 0) is 0 Å². The van der Waals surface area contributed by atoms with Crippen LogP contribution in [0.2, 0.25) is 0 Å². The van der Waals surface area contributed by atoms with Crippen molar-refractivity contribution < 1.29 is 0 Å². The van der Waals surface area contributed by atoms with Crippen LogP contribution in [0.3, 0.4) is 0 Å². The van der Waals surface area contributed by atoms with Crippen molar-refractivity contribution in [2.45, 2.75) is 24.8 Å². The zero-order chi connectivity index (χ0) is 10.2. The molecule has 0 aliphatic carbocycles. The summed E-state index contributed by atoms with van der Waals surface area (Å²) in [4.78, 5) is 8.08. The summed E-state index contributed by atoms with van der Waals surface area (Å²) in [6, 6.07) is 1.96. The fourth-order valence-corrected chi connectivity index (χ4v) is 3.01. The summed E-state index contributed by atoms with van der Waals surface area (Å²) < 4.78 is 0. The maximum Gasteiger partial charge on any atom is 0.116 e.